The smallest absolute Gasteiger partial charge is 0.142 e. The number of para-hydroxylation sites is 2. The molecule has 104 valence electrons. The van der Waals surface area contributed by atoms with E-state index < -0.39 is 0 Å². The van der Waals surface area contributed by atoms with Gasteiger partial charge in [0.2, 0.25) is 0 Å². The average Bonchev–Trinajstić information content (AvgIpc) is 2.84. The third-order valence-corrected chi connectivity index (χ3v) is 4.04. The molecule has 1 atom stereocenters. The Morgan fingerprint density at radius 2 is 2.10 bits per heavy atom. The largest absolute Gasteiger partial charge is 0.495 e. The summed E-state index contributed by atoms with van der Waals surface area (Å²) in [5, 5.41) is 0.754. The molecule has 4 heteroatoms. The highest BCUT2D eigenvalue weighted by atomic mass is 35.5. The highest BCUT2D eigenvalue weighted by Gasteiger charge is 2.30. The van der Waals surface area contributed by atoms with Crippen LogP contribution >= 0.6 is 11.6 Å². The molecule has 20 heavy (non-hydrogen) atoms. The minimum atomic E-state index is 0.139. The van der Waals surface area contributed by atoms with Gasteiger partial charge in [0.25, 0.3) is 0 Å². The number of nitrogens with zero attached hydrogens (tertiary/aromatic N) is 1. The van der Waals surface area contributed by atoms with Crippen LogP contribution in [0.1, 0.15) is 17.2 Å². The number of hydrogen-bond acceptors (Lipinski definition) is 3. The first kappa shape index (κ1) is 13.3. The third-order valence-electron chi connectivity index (χ3n) is 3.80. The molecule has 0 saturated carbocycles. The minimum absolute atomic E-state index is 0.139. The molecule has 0 saturated heterocycles. The summed E-state index contributed by atoms with van der Waals surface area (Å²) in [6, 6.07) is 14.2. The van der Waals surface area contributed by atoms with Crippen molar-refractivity contribution < 1.29 is 4.74 Å². The van der Waals surface area contributed by atoms with Crippen molar-refractivity contribution in [3.05, 3.63) is 58.6 Å². The van der Waals surface area contributed by atoms with E-state index in [2.05, 4.69) is 17.0 Å². The van der Waals surface area contributed by atoms with Gasteiger partial charge >= 0.3 is 0 Å². The molecule has 0 fully saturated rings. The molecule has 1 heterocycles. The predicted molar refractivity (Wildman–Crippen MR) is 82.4 cm³/mol. The van der Waals surface area contributed by atoms with Gasteiger partial charge < -0.3 is 15.4 Å². The highest BCUT2D eigenvalue weighted by Crippen LogP contribution is 2.41. The van der Waals surface area contributed by atoms with Crippen LogP contribution in [0, 0.1) is 0 Å². The molecule has 3 nitrogen and oxygen atoms in total. The number of rotatable bonds is 3. The molecule has 0 bridgehead atoms. The van der Waals surface area contributed by atoms with Crippen molar-refractivity contribution in [3.8, 4) is 5.75 Å². The van der Waals surface area contributed by atoms with Gasteiger partial charge in [0.05, 0.1) is 18.8 Å². The molecule has 2 N–H and O–H groups in total. The summed E-state index contributed by atoms with van der Waals surface area (Å²) in [5.74, 6) is 0.866. The summed E-state index contributed by atoms with van der Waals surface area (Å²) in [4.78, 5) is 2.28. The molecule has 0 aromatic heterocycles. The van der Waals surface area contributed by atoms with Gasteiger partial charge in [-0.3, -0.25) is 0 Å². The molecule has 0 amide bonds. The Bertz CT molecular complexity index is 630. The highest BCUT2D eigenvalue weighted by molar-refractivity contribution is 6.30. The summed E-state index contributed by atoms with van der Waals surface area (Å²) in [6.07, 6.45) is 0. The van der Waals surface area contributed by atoms with Crippen LogP contribution in [0.3, 0.4) is 0 Å². The van der Waals surface area contributed by atoms with E-state index >= 15 is 0 Å². The van der Waals surface area contributed by atoms with E-state index in [1.54, 1.807) is 7.11 Å². The molecule has 0 aliphatic carbocycles. The molecule has 1 aliphatic heterocycles. The van der Waals surface area contributed by atoms with Gasteiger partial charge in [0, 0.05) is 18.1 Å². The second-order valence-corrected chi connectivity index (χ2v) is 5.33. The van der Waals surface area contributed by atoms with Crippen LogP contribution in [-0.4, -0.2) is 13.7 Å². The van der Waals surface area contributed by atoms with Crippen LogP contribution in [0.15, 0.2) is 42.5 Å². The Morgan fingerprint density at radius 3 is 2.85 bits per heavy atom. The number of anilines is 1. The Balaban J connectivity index is 2.04. The summed E-state index contributed by atoms with van der Waals surface area (Å²) >= 11 is 6.11. The van der Waals surface area contributed by atoms with Crippen LogP contribution in [0.2, 0.25) is 5.02 Å². The van der Waals surface area contributed by atoms with Gasteiger partial charge in [-0.1, -0.05) is 29.8 Å². The monoisotopic (exact) mass is 288 g/mol. The van der Waals surface area contributed by atoms with Gasteiger partial charge in [-0.2, -0.15) is 0 Å². The second-order valence-electron chi connectivity index (χ2n) is 4.89. The summed E-state index contributed by atoms with van der Waals surface area (Å²) in [6.45, 7) is 1.38. The van der Waals surface area contributed by atoms with Crippen molar-refractivity contribution in [3.63, 3.8) is 0 Å². The number of hydrogen-bond donors (Lipinski definition) is 1. The summed E-state index contributed by atoms with van der Waals surface area (Å²) in [7, 11) is 1.69. The predicted octanol–water partition coefficient (Wildman–Crippen LogP) is 3.37. The zero-order valence-corrected chi connectivity index (χ0v) is 12.1. The SMILES string of the molecule is COc1ccccc1N1Cc2ccc(Cl)cc2C1CN. The zero-order chi connectivity index (χ0) is 14.1. The zero-order valence-electron chi connectivity index (χ0n) is 11.3. The Morgan fingerprint density at radius 1 is 1.30 bits per heavy atom. The quantitative estimate of drug-likeness (QED) is 0.941. The van der Waals surface area contributed by atoms with Crippen LogP contribution in [-0.2, 0) is 6.54 Å². The molecular formula is C16H17ClN2O. The fraction of sp³-hybridized carbons (Fsp3) is 0.250. The Hall–Kier alpha value is -1.71. The number of ether oxygens (including phenoxy) is 1. The molecule has 0 spiro atoms. The fourth-order valence-corrected chi connectivity index (χ4v) is 3.04. The summed E-state index contributed by atoms with van der Waals surface area (Å²) in [5.41, 5.74) is 9.55. The fourth-order valence-electron chi connectivity index (χ4n) is 2.86. The van der Waals surface area contributed by atoms with E-state index in [0.29, 0.717) is 6.54 Å². The first-order valence-corrected chi connectivity index (χ1v) is 7.00. The van der Waals surface area contributed by atoms with Crippen LogP contribution < -0.4 is 15.4 Å². The maximum Gasteiger partial charge on any atom is 0.142 e. The maximum absolute atomic E-state index is 6.11. The molecule has 1 unspecified atom stereocenters. The van der Waals surface area contributed by atoms with E-state index in [1.165, 1.54) is 11.1 Å². The molecule has 2 aromatic carbocycles. The van der Waals surface area contributed by atoms with Crippen molar-refractivity contribution in [1.82, 2.24) is 0 Å². The molecule has 1 aliphatic rings. The van der Waals surface area contributed by atoms with E-state index in [0.717, 1.165) is 23.0 Å². The van der Waals surface area contributed by atoms with Crippen LogP contribution in [0.4, 0.5) is 5.69 Å². The number of halogens is 1. The second kappa shape index (κ2) is 5.35. The Labute approximate surface area is 123 Å². The van der Waals surface area contributed by atoms with Crippen LogP contribution in [0.5, 0.6) is 5.75 Å². The normalized spacial score (nSPS) is 17.1. The van der Waals surface area contributed by atoms with Crippen molar-refractivity contribution in [1.29, 1.82) is 0 Å². The lowest BCUT2D eigenvalue weighted by atomic mass is 10.1. The van der Waals surface area contributed by atoms with Gasteiger partial charge in [-0.25, -0.2) is 0 Å². The molecular weight excluding hydrogens is 272 g/mol. The average molecular weight is 289 g/mol. The lowest BCUT2D eigenvalue weighted by Crippen LogP contribution is -2.28. The van der Waals surface area contributed by atoms with E-state index in [9.17, 15) is 0 Å². The van der Waals surface area contributed by atoms with Crippen molar-refractivity contribution in [2.24, 2.45) is 5.73 Å². The van der Waals surface area contributed by atoms with Crippen molar-refractivity contribution in [2.45, 2.75) is 12.6 Å². The van der Waals surface area contributed by atoms with Crippen molar-refractivity contribution >= 4 is 17.3 Å². The summed E-state index contributed by atoms with van der Waals surface area (Å²) < 4.78 is 5.46. The maximum atomic E-state index is 6.11. The first-order valence-electron chi connectivity index (χ1n) is 6.62. The topological polar surface area (TPSA) is 38.5 Å². The van der Waals surface area contributed by atoms with Crippen molar-refractivity contribution in [2.75, 3.05) is 18.6 Å². The molecule has 3 rings (SSSR count). The van der Waals surface area contributed by atoms with E-state index in [1.807, 2.05) is 30.3 Å². The van der Waals surface area contributed by atoms with E-state index in [-0.39, 0.29) is 6.04 Å². The van der Waals surface area contributed by atoms with Crippen LogP contribution in [0.25, 0.3) is 0 Å². The standard InChI is InChI=1S/C16H17ClN2O/c1-20-16-5-3-2-4-14(16)19-10-11-6-7-12(17)8-13(11)15(19)9-18/h2-8,15H,9-10,18H2,1H3. The number of methoxy groups -OCH3 is 1. The van der Waals surface area contributed by atoms with Gasteiger partial charge in [0.1, 0.15) is 5.75 Å². The lowest BCUT2D eigenvalue weighted by molar-refractivity contribution is 0.413. The minimum Gasteiger partial charge on any atom is -0.495 e. The molecule has 0 radical (unpaired) electrons. The number of nitrogens with two attached hydrogens (primary N) is 1. The Kier molecular flexibility index (Phi) is 3.55. The van der Waals surface area contributed by atoms with Gasteiger partial charge in [-0.05, 0) is 35.4 Å². The lowest BCUT2D eigenvalue weighted by Gasteiger charge is -2.27. The third kappa shape index (κ3) is 2.13. The van der Waals surface area contributed by atoms with E-state index in [4.69, 9.17) is 22.1 Å². The number of benzene rings is 2. The first-order chi connectivity index (χ1) is 9.74. The molecule has 2 aromatic rings. The van der Waals surface area contributed by atoms with Gasteiger partial charge in [-0.15, -0.1) is 0 Å². The number of fused-ring (bicyclic) bond motifs is 1. The van der Waals surface area contributed by atoms with Gasteiger partial charge in [0.15, 0.2) is 0 Å².